The Hall–Kier alpha value is -1.86. The van der Waals surface area contributed by atoms with Crippen LogP contribution in [0.5, 0.6) is 0 Å². The standard InChI is InChI=1S/C13H20N4O3/c1-20-10-9-15-5-7-16(8-6-15)12-4-2-3-11(14)13(12)17(18)19/h2-4H,5-10,14H2,1H3. The number of benzene rings is 1. The molecule has 2 rings (SSSR count). The van der Waals surface area contributed by atoms with E-state index in [-0.39, 0.29) is 11.4 Å². The van der Waals surface area contributed by atoms with E-state index in [0.29, 0.717) is 12.3 Å². The summed E-state index contributed by atoms with van der Waals surface area (Å²) >= 11 is 0. The molecule has 0 aromatic heterocycles. The molecule has 110 valence electrons. The van der Waals surface area contributed by atoms with Crippen LogP contribution in [0.3, 0.4) is 0 Å². The molecule has 0 spiro atoms. The van der Waals surface area contributed by atoms with Crippen LogP contribution in [0.4, 0.5) is 17.1 Å². The van der Waals surface area contributed by atoms with Gasteiger partial charge in [0.1, 0.15) is 11.4 Å². The molecular formula is C13H20N4O3. The van der Waals surface area contributed by atoms with Crippen LogP contribution in [0.1, 0.15) is 0 Å². The zero-order chi connectivity index (χ0) is 14.5. The van der Waals surface area contributed by atoms with Crippen molar-refractivity contribution >= 4 is 17.1 Å². The maximum Gasteiger partial charge on any atom is 0.315 e. The lowest BCUT2D eigenvalue weighted by Crippen LogP contribution is -2.47. The number of hydrogen-bond donors (Lipinski definition) is 1. The highest BCUT2D eigenvalue weighted by atomic mass is 16.6. The number of methoxy groups -OCH3 is 1. The van der Waals surface area contributed by atoms with Gasteiger partial charge in [0.15, 0.2) is 0 Å². The highest BCUT2D eigenvalue weighted by Crippen LogP contribution is 2.33. The summed E-state index contributed by atoms with van der Waals surface area (Å²) in [6, 6.07) is 5.09. The minimum atomic E-state index is -0.401. The van der Waals surface area contributed by atoms with Crippen molar-refractivity contribution in [2.45, 2.75) is 0 Å². The van der Waals surface area contributed by atoms with Crippen molar-refractivity contribution in [2.24, 2.45) is 0 Å². The summed E-state index contributed by atoms with van der Waals surface area (Å²) in [7, 11) is 1.69. The van der Waals surface area contributed by atoms with Gasteiger partial charge in [0.2, 0.25) is 0 Å². The van der Waals surface area contributed by atoms with Crippen molar-refractivity contribution in [3.63, 3.8) is 0 Å². The van der Waals surface area contributed by atoms with E-state index < -0.39 is 4.92 Å². The second kappa shape index (κ2) is 6.53. The van der Waals surface area contributed by atoms with Crippen LogP contribution >= 0.6 is 0 Å². The highest BCUT2D eigenvalue weighted by Gasteiger charge is 2.25. The number of rotatable bonds is 5. The molecule has 0 saturated carbocycles. The first-order valence-corrected chi connectivity index (χ1v) is 6.62. The predicted molar refractivity (Wildman–Crippen MR) is 78.0 cm³/mol. The van der Waals surface area contributed by atoms with E-state index in [1.807, 2.05) is 4.90 Å². The van der Waals surface area contributed by atoms with E-state index in [1.165, 1.54) is 0 Å². The minimum absolute atomic E-state index is 0.0119. The molecule has 1 saturated heterocycles. The third kappa shape index (κ3) is 3.17. The molecule has 1 aliphatic rings. The zero-order valence-electron chi connectivity index (χ0n) is 11.6. The van der Waals surface area contributed by atoms with Gasteiger partial charge in [-0.1, -0.05) is 6.07 Å². The fraction of sp³-hybridized carbons (Fsp3) is 0.538. The van der Waals surface area contributed by atoms with Gasteiger partial charge < -0.3 is 15.4 Å². The minimum Gasteiger partial charge on any atom is -0.393 e. The molecule has 0 amide bonds. The molecule has 1 aromatic rings. The monoisotopic (exact) mass is 280 g/mol. The molecular weight excluding hydrogens is 260 g/mol. The van der Waals surface area contributed by atoms with Gasteiger partial charge >= 0.3 is 5.69 Å². The fourth-order valence-corrected chi connectivity index (χ4v) is 2.44. The van der Waals surface area contributed by atoms with Crippen LogP contribution in [0.15, 0.2) is 18.2 Å². The molecule has 1 fully saturated rings. The molecule has 1 aliphatic heterocycles. The number of ether oxygens (including phenoxy) is 1. The molecule has 0 radical (unpaired) electrons. The van der Waals surface area contributed by atoms with E-state index in [0.717, 1.165) is 32.7 Å². The normalized spacial score (nSPS) is 16.4. The molecule has 0 aliphatic carbocycles. The van der Waals surface area contributed by atoms with Crippen molar-refractivity contribution in [1.82, 2.24) is 4.90 Å². The smallest absolute Gasteiger partial charge is 0.315 e. The summed E-state index contributed by atoms with van der Waals surface area (Å²) in [5.74, 6) is 0. The first-order valence-electron chi connectivity index (χ1n) is 6.62. The van der Waals surface area contributed by atoms with Crippen molar-refractivity contribution in [1.29, 1.82) is 0 Å². The summed E-state index contributed by atoms with van der Waals surface area (Å²) in [5, 5.41) is 11.2. The molecule has 20 heavy (non-hydrogen) atoms. The van der Waals surface area contributed by atoms with E-state index in [4.69, 9.17) is 10.5 Å². The molecule has 0 unspecified atom stereocenters. The molecule has 1 heterocycles. The van der Waals surface area contributed by atoms with Crippen LogP contribution in [-0.2, 0) is 4.74 Å². The van der Waals surface area contributed by atoms with Gasteiger partial charge in [-0.25, -0.2) is 0 Å². The molecule has 2 N–H and O–H groups in total. The third-order valence-electron chi connectivity index (χ3n) is 3.55. The topological polar surface area (TPSA) is 84.9 Å². The van der Waals surface area contributed by atoms with Gasteiger partial charge in [0.05, 0.1) is 11.5 Å². The van der Waals surface area contributed by atoms with Crippen LogP contribution < -0.4 is 10.6 Å². The lowest BCUT2D eigenvalue weighted by atomic mass is 10.2. The number of nitro groups is 1. The fourth-order valence-electron chi connectivity index (χ4n) is 2.44. The summed E-state index contributed by atoms with van der Waals surface area (Å²) in [5.41, 5.74) is 6.57. The molecule has 7 heteroatoms. The number of piperazine rings is 1. The zero-order valence-corrected chi connectivity index (χ0v) is 11.6. The molecule has 1 aromatic carbocycles. The maximum atomic E-state index is 11.2. The average molecular weight is 280 g/mol. The Morgan fingerprint density at radius 1 is 1.35 bits per heavy atom. The molecule has 0 bridgehead atoms. The van der Waals surface area contributed by atoms with E-state index in [2.05, 4.69) is 4.90 Å². The van der Waals surface area contributed by atoms with Gasteiger partial charge in [0.25, 0.3) is 0 Å². The van der Waals surface area contributed by atoms with Crippen molar-refractivity contribution < 1.29 is 9.66 Å². The highest BCUT2D eigenvalue weighted by molar-refractivity contribution is 5.75. The van der Waals surface area contributed by atoms with E-state index in [1.54, 1.807) is 25.3 Å². The van der Waals surface area contributed by atoms with Crippen LogP contribution in [-0.4, -0.2) is 56.3 Å². The Morgan fingerprint density at radius 3 is 2.65 bits per heavy atom. The molecule has 7 nitrogen and oxygen atoms in total. The lowest BCUT2D eigenvalue weighted by Gasteiger charge is -2.35. The second-order valence-corrected chi connectivity index (χ2v) is 4.79. The van der Waals surface area contributed by atoms with E-state index in [9.17, 15) is 10.1 Å². The average Bonchev–Trinajstić information content (AvgIpc) is 2.45. The Balaban J connectivity index is 2.07. The quantitative estimate of drug-likeness (QED) is 0.491. The lowest BCUT2D eigenvalue weighted by molar-refractivity contribution is -0.383. The summed E-state index contributed by atoms with van der Waals surface area (Å²) in [4.78, 5) is 15.1. The second-order valence-electron chi connectivity index (χ2n) is 4.79. The first kappa shape index (κ1) is 14.5. The summed E-state index contributed by atoms with van der Waals surface area (Å²) < 4.78 is 5.06. The Kier molecular flexibility index (Phi) is 4.75. The summed E-state index contributed by atoms with van der Waals surface area (Å²) in [6.07, 6.45) is 0. The van der Waals surface area contributed by atoms with Gasteiger partial charge in [-0.2, -0.15) is 0 Å². The maximum absolute atomic E-state index is 11.2. The Bertz CT molecular complexity index is 473. The predicted octanol–water partition coefficient (Wildman–Crippen LogP) is 0.945. The summed E-state index contributed by atoms with van der Waals surface area (Å²) in [6.45, 7) is 4.86. The van der Waals surface area contributed by atoms with Crippen molar-refractivity contribution in [2.75, 3.05) is 57.1 Å². The first-order chi connectivity index (χ1) is 9.63. The third-order valence-corrected chi connectivity index (χ3v) is 3.55. The van der Waals surface area contributed by atoms with Gasteiger partial charge in [-0.3, -0.25) is 15.0 Å². The number of hydrogen-bond acceptors (Lipinski definition) is 6. The largest absolute Gasteiger partial charge is 0.393 e. The Morgan fingerprint density at radius 2 is 2.05 bits per heavy atom. The van der Waals surface area contributed by atoms with Crippen LogP contribution in [0.25, 0.3) is 0 Å². The van der Waals surface area contributed by atoms with Crippen LogP contribution in [0.2, 0.25) is 0 Å². The van der Waals surface area contributed by atoms with Crippen molar-refractivity contribution in [3.05, 3.63) is 28.3 Å². The Labute approximate surface area is 118 Å². The molecule has 0 atom stereocenters. The van der Waals surface area contributed by atoms with E-state index >= 15 is 0 Å². The van der Waals surface area contributed by atoms with Gasteiger partial charge in [-0.15, -0.1) is 0 Å². The van der Waals surface area contributed by atoms with Crippen molar-refractivity contribution in [3.8, 4) is 0 Å². The number of nitro benzene ring substituents is 1. The number of nitrogens with two attached hydrogens (primary N) is 1. The van der Waals surface area contributed by atoms with Gasteiger partial charge in [-0.05, 0) is 12.1 Å². The van der Waals surface area contributed by atoms with Gasteiger partial charge in [0, 0.05) is 39.8 Å². The number of nitrogens with zero attached hydrogens (tertiary/aromatic N) is 3. The van der Waals surface area contributed by atoms with Crippen LogP contribution in [0, 0.1) is 10.1 Å². The number of anilines is 2. The number of nitrogen functional groups attached to an aromatic ring is 1. The number of para-hydroxylation sites is 1. The SMILES string of the molecule is COCCN1CCN(c2cccc(N)c2[N+](=O)[O-])CC1.